The molecule has 3 N–H and O–H groups in total. The highest BCUT2D eigenvalue weighted by Crippen LogP contribution is 2.28. The van der Waals surface area contributed by atoms with Gasteiger partial charge in [0, 0.05) is 48.6 Å². The monoisotopic (exact) mass is 532 g/mol. The number of carbonyl (C=O) groups is 2. The first-order valence-electron chi connectivity index (χ1n) is 12.1. The summed E-state index contributed by atoms with van der Waals surface area (Å²) in [6.45, 7) is 9.63. The van der Waals surface area contributed by atoms with E-state index < -0.39 is 11.8 Å². The first-order chi connectivity index (χ1) is 18.4. The van der Waals surface area contributed by atoms with Crippen molar-refractivity contribution in [1.82, 2.24) is 30.0 Å². The molecule has 0 saturated heterocycles. The van der Waals surface area contributed by atoms with Gasteiger partial charge in [-0.3, -0.25) is 15.1 Å². The Morgan fingerprint density at radius 2 is 1.72 bits per heavy atom. The second-order valence-corrected chi connectivity index (χ2v) is 9.77. The summed E-state index contributed by atoms with van der Waals surface area (Å²) >= 11 is 0. The molecular weight excluding hydrogens is 503 g/mol. The number of hydrogen-bond acceptors (Lipinski definition) is 7. The molecule has 0 unspecified atom stereocenters. The van der Waals surface area contributed by atoms with E-state index in [1.54, 1.807) is 25.1 Å². The molecule has 0 atom stereocenters. The zero-order valence-corrected chi connectivity index (χ0v) is 22.5. The number of carbonyl (C=O) groups excluding carboxylic acids is 2. The lowest BCUT2D eigenvalue weighted by atomic mass is 9.92. The maximum absolute atomic E-state index is 14.9. The average Bonchev–Trinajstić information content (AvgIpc) is 3.29. The lowest BCUT2D eigenvalue weighted by Crippen LogP contribution is -2.22. The highest BCUT2D eigenvalue weighted by molar-refractivity contribution is 5.99. The number of rotatable bonds is 6. The molecule has 1 aromatic carbocycles. The van der Waals surface area contributed by atoms with Gasteiger partial charge in [-0.1, -0.05) is 20.8 Å². The summed E-state index contributed by atoms with van der Waals surface area (Å²) in [4.78, 5) is 37.4. The number of urea groups is 1. The standard InChI is InChI=1S/C27H29FN8O3/c1-15-11-23(32-16(2)31-15)36-24(14-22(35-36)27(3,4)5)34-26(38)33-20-8-7-17(12-19(20)28)39-18-9-10-30-21(13-18)25(37)29-6/h7-14H,1-6H3,(H,29,37)(H2,33,34,38). The van der Waals surface area contributed by atoms with Gasteiger partial charge in [0.25, 0.3) is 5.91 Å². The minimum absolute atomic E-state index is 0.0588. The molecule has 4 aromatic rings. The number of amides is 3. The fourth-order valence-corrected chi connectivity index (χ4v) is 3.61. The third kappa shape index (κ3) is 6.53. The number of nitrogens with one attached hydrogen (secondary N) is 3. The summed E-state index contributed by atoms with van der Waals surface area (Å²) in [6.07, 6.45) is 1.41. The number of benzene rings is 1. The van der Waals surface area contributed by atoms with Gasteiger partial charge in [-0.25, -0.2) is 19.2 Å². The zero-order chi connectivity index (χ0) is 28.3. The number of aromatic nitrogens is 5. The van der Waals surface area contributed by atoms with Crippen LogP contribution < -0.4 is 20.7 Å². The number of halogens is 1. The van der Waals surface area contributed by atoms with Crippen molar-refractivity contribution < 1.29 is 18.7 Å². The van der Waals surface area contributed by atoms with Crippen LogP contribution in [-0.4, -0.2) is 43.7 Å². The molecule has 3 heterocycles. The Bertz CT molecular complexity index is 1520. The smallest absolute Gasteiger partial charge is 0.324 e. The molecule has 4 rings (SSSR count). The Hall–Kier alpha value is -4.87. The molecule has 3 aromatic heterocycles. The van der Waals surface area contributed by atoms with Crippen LogP contribution in [0.5, 0.6) is 11.5 Å². The van der Waals surface area contributed by atoms with Crippen LogP contribution in [-0.2, 0) is 5.41 Å². The normalized spacial score (nSPS) is 11.2. The Morgan fingerprint density at radius 3 is 2.38 bits per heavy atom. The third-order valence-corrected chi connectivity index (χ3v) is 5.50. The molecule has 12 heteroatoms. The molecule has 39 heavy (non-hydrogen) atoms. The van der Waals surface area contributed by atoms with Crippen LogP contribution in [0.25, 0.3) is 5.82 Å². The van der Waals surface area contributed by atoms with Gasteiger partial charge in [0.05, 0.1) is 11.4 Å². The fourth-order valence-electron chi connectivity index (χ4n) is 3.61. The lowest BCUT2D eigenvalue weighted by molar-refractivity contribution is 0.0957. The van der Waals surface area contributed by atoms with Gasteiger partial charge in [0.2, 0.25) is 0 Å². The highest BCUT2D eigenvalue weighted by atomic mass is 19.1. The molecule has 0 saturated carbocycles. The van der Waals surface area contributed by atoms with Crippen LogP contribution >= 0.6 is 0 Å². The topological polar surface area (TPSA) is 136 Å². The number of pyridine rings is 1. The van der Waals surface area contributed by atoms with Crippen LogP contribution in [0.4, 0.5) is 20.7 Å². The lowest BCUT2D eigenvalue weighted by Gasteiger charge is -2.14. The summed E-state index contributed by atoms with van der Waals surface area (Å²) in [5.74, 6) is 0.810. The second kappa shape index (κ2) is 10.9. The largest absolute Gasteiger partial charge is 0.457 e. The molecule has 0 aliphatic rings. The summed E-state index contributed by atoms with van der Waals surface area (Å²) in [6, 6.07) is 9.81. The van der Waals surface area contributed by atoms with E-state index in [4.69, 9.17) is 4.74 Å². The van der Waals surface area contributed by atoms with Crippen molar-refractivity contribution in [2.24, 2.45) is 0 Å². The summed E-state index contributed by atoms with van der Waals surface area (Å²) < 4.78 is 22.1. The number of hydrogen-bond donors (Lipinski definition) is 3. The number of nitrogens with zero attached hydrogens (tertiary/aromatic N) is 5. The van der Waals surface area contributed by atoms with Crippen LogP contribution in [0.15, 0.2) is 48.7 Å². The Kier molecular flexibility index (Phi) is 7.56. The molecule has 11 nitrogen and oxygen atoms in total. The molecule has 202 valence electrons. The molecule has 0 fully saturated rings. The van der Waals surface area contributed by atoms with Crippen LogP contribution in [0.1, 0.15) is 48.5 Å². The van der Waals surface area contributed by atoms with Gasteiger partial charge in [-0.2, -0.15) is 9.78 Å². The van der Waals surface area contributed by atoms with E-state index in [-0.39, 0.29) is 28.5 Å². The average molecular weight is 533 g/mol. The molecule has 0 bridgehead atoms. The van der Waals surface area contributed by atoms with E-state index >= 15 is 0 Å². The molecule has 0 aliphatic carbocycles. The van der Waals surface area contributed by atoms with E-state index in [0.29, 0.717) is 23.2 Å². The van der Waals surface area contributed by atoms with Gasteiger partial charge < -0.3 is 15.4 Å². The van der Waals surface area contributed by atoms with Crippen molar-refractivity contribution in [3.63, 3.8) is 0 Å². The van der Waals surface area contributed by atoms with Crippen molar-refractivity contribution in [3.8, 4) is 17.3 Å². The molecule has 3 amide bonds. The minimum atomic E-state index is -0.714. The van der Waals surface area contributed by atoms with E-state index in [1.165, 1.54) is 36.1 Å². The Labute approximate surface area is 224 Å². The fraction of sp³-hybridized carbons (Fsp3) is 0.259. The number of anilines is 2. The van der Waals surface area contributed by atoms with Crippen molar-refractivity contribution in [1.29, 1.82) is 0 Å². The molecule has 0 aliphatic heterocycles. The van der Waals surface area contributed by atoms with E-state index in [0.717, 1.165) is 17.5 Å². The van der Waals surface area contributed by atoms with Gasteiger partial charge >= 0.3 is 6.03 Å². The van der Waals surface area contributed by atoms with E-state index in [2.05, 4.69) is 36.0 Å². The predicted molar refractivity (Wildman–Crippen MR) is 144 cm³/mol. The summed E-state index contributed by atoms with van der Waals surface area (Å²) in [7, 11) is 1.49. The maximum atomic E-state index is 14.9. The molecule has 0 spiro atoms. The minimum Gasteiger partial charge on any atom is -0.457 e. The van der Waals surface area contributed by atoms with Gasteiger partial charge in [-0.05, 0) is 32.0 Å². The Balaban J connectivity index is 1.52. The summed E-state index contributed by atoms with van der Waals surface area (Å²) in [5.41, 5.74) is 1.28. The van der Waals surface area contributed by atoms with Crippen LogP contribution in [0.2, 0.25) is 0 Å². The van der Waals surface area contributed by atoms with Crippen molar-refractivity contribution in [3.05, 3.63) is 77.4 Å². The second-order valence-electron chi connectivity index (χ2n) is 9.77. The predicted octanol–water partition coefficient (Wildman–Crippen LogP) is 4.91. The number of ether oxygens (including phenoxy) is 1. The number of aryl methyl sites for hydroxylation is 2. The van der Waals surface area contributed by atoms with Crippen molar-refractivity contribution >= 4 is 23.4 Å². The van der Waals surface area contributed by atoms with Gasteiger partial charge in [0.1, 0.15) is 34.7 Å². The third-order valence-electron chi connectivity index (χ3n) is 5.50. The maximum Gasteiger partial charge on any atom is 0.324 e. The van der Waals surface area contributed by atoms with Crippen LogP contribution in [0.3, 0.4) is 0 Å². The van der Waals surface area contributed by atoms with Gasteiger partial charge in [0.15, 0.2) is 5.82 Å². The first-order valence-corrected chi connectivity index (χ1v) is 12.1. The van der Waals surface area contributed by atoms with E-state index in [9.17, 15) is 14.0 Å². The SMILES string of the molecule is CNC(=O)c1cc(Oc2ccc(NC(=O)Nc3cc(C(C)(C)C)nn3-c3cc(C)nc(C)n3)c(F)c2)ccn1. The molecule has 0 radical (unpaired) electrons. The highest BCUT2D eigenvalue weighted by Gasteiger charge is 2.22. The van der Waals surface area contributed by atoms with Crippen molar-refractivity contribution in [2.75, 3.05) is 17.7 Å². The zero-order valence-electron chi connectivity index (χ0n) is 22.5. The first kappa shape index (κ1) is 27.2. The van der Waals surface area contributed by atoms with E-state index in [1.807, 2.05) is 27.7 Å². The van der Waals surface area contributed by atoms with Gasteiger partial charge in [-0.15, -0.1) is 0 Å². The quantitative estimate of drug-likeness (QED) is 0.321. The molecular formula is C27H29FN8O3. The van der Waals surface area contributed by atoms with Crippen LogP contribution in [0, 0.1) is 19.7 Å². The van der Waals surface area contributed by atoms with Crippen molar-refractivity contribution in [2.45, 2.75) is 40.0 Å². The Morgan fingerprint density at radius 1 is 0.974 bits per heavy atom. The summed E-state index contributed by atoms with van der Waals surface area (Å²) in [5, 5.41) is 12.4.